The molecular weight excluding hydrogens is 372 g/mol. The van der Waals surface area contributed by atoms with Gasteiger partial charge >= 0.3 is 6.03 Å². The molecule has 2 aromatic carbocycles. The molecule has 0 aliphatic carbocycles. The summed E-state index contributed by atoms with van der Waals surface area (Å²) in [6.45, 7) is 2.15. The number of aryl methyl sites for hydroxylation is 1. The number of rotatable bonds is 7. The standard InChI is InChI=1S/C21H24N4O2S/c1-21(27,17-13-24-25(2)14-17)15-23-20(26)22-12-16-8-10-19(11-9-16)28-18-6-4-3-5-7-18/h3-11,13-14,27H,12,15H2,1-2H3,(H2,22,23,26)/t21-/m1/s1. The quantitative estimate of drug-likeness (QED) is 0.573. The fourth-order valence-electron chi connectivity index (χ4n) is 2.60. The van der Waals surface area contributed by atoms with Crippen LogP contribution in [-0.4, -0.2) is 27.5 Å². The number of aliphatic hydroxyl groups is 1. The normalized spacial score (nSPS) is 13.0. The second-order valence-corrected chi connectivity index (χ2v) is 7.92. The first kappa shape index (κ1) is 20.0. The Labute approximate surface area is 169 Å². The van der Waals surface area contributed by atoms with Crippen molar-refractivity contribution in [2.45, 2.75) is 28.9 Å². The Morgan fingerprint density at radius 3 is 2.43 bits per heavy atom. The van der Waals surface area contributed by atoms with Crippen LogP contribution in [0.15, 0.2) is 76.8 Å². The lowest BCUT2D eigenvalue weighted by atomic mass is 10.00. The first-order valence-corrected chi connectivity index (χ1v) is 9.79. The van der Waals surface area contributed by atoms with Crippen LogP contribution in [0.2, 0.25) is 0 Å². The van der Waals surface area contributed by atoms with Crippen molar-refractivity contribution in [1.29, 1.82) is 0 Å². The maximum Gasteiger partial charge on any atom is 0.315 e. The average Bonchev–Trinajstić information content (AvgIpc) is 3.14. The molecule has 0 radical (unpaired) electrons. The van der Waals surface area contributed by atoms with Gasteiger partial charge in [-0.25, -0.2) is 4.79 Å². The van der Waals surface area contributed by atoms with Crippen LogP contribution in [0.3, 0.4) is 0 Å². The third-order valence-electron chi connectivity index (χ3n) is 4.28. The van der Waals surface area contributed by atoms with Gasteiger partial charge in [-0.2, -0.15) is 5.10 Å². The molecule has 6 nitrogen and oxygen atoms in total. The van der Waals surface area contributed by atoms with Gasteiger partial charge < -0.3 is 15.7 Å². The molecule has 1 atom stereocenters. The van der Waals surface area contributed by atoms with Gasteiger partial charge in [-0.05, 0) is 36.8 Å². The molecule has 0 aliphatic heterocycles. The summed E-state index contributed by atoms with van der Waals surface area (Å²) >= 11 is 1.70. The highest BCUT2D eigenvalue weighted by atomic mass is 32.2. The van der Waals surface area contributed by atoms with Crippen molar-refractivity contribution in [3.63, 3.8) is 0 Å². The summed E-state index contributed by atoms with van der Waals surface area (Å²) in [5.41, 5.74) is 0.482. The number of nitrogens with one attached hydrogen (secondary N) is 2. The molecule has 146 valence electrons. The lowest BCUT2D eigenvalue weighted by Crippen LogP contribution is -2.43. The van der Waals surface area contributed by atoms with Gasteiger partial charge in [0, 0.05) is 35.1 Å². The first-order chi connectivity index (χ1) is 13.4. The molecule has 2 amide bonds. The minimum absolute atomic E-state index is 0.0944. The van der Waals surface area contributed by atoms with Crippen molar-refractivity contribution >= 4 is 17.8 Å². The Bertz CT molecular complexity index is 908. The summed E-state index contributed by atoms with van der Waals surface area (Å²) in [6.07, 6.45) is 3.32. The van der Waals surface area contributed by atoms with Gasteiger partial charge in [-0.3, -0.25) is 4.68 Å². The zero-order valence-electron chi connectivity index (χ0n) is 15.9. The third kappa shape index (κ3) is 5.61. The largest absolute Gasteiger partial charge is 0.383 e. The fraction of sp³-hybridized carbons (Fsp3) is 0.238. The number of aromatic nitrogens is 2. The molecular formula is C21H24N4O2S. The summed E-state index contributed by atoms with van der Waals surface area (Å²) in [6, 6.07) is 17.9. The number of nitrogens with zero attached hydrogens (tertiary/aromatic N) is 2. The van der Waals surface area contributed by atoms with Crippen LogP contribution in [0.25, 0.3) is 0 Å². The van der Waals surface area contributed by atoms with E-state index in [1.165, 1.54) is 4.90 Å². The molecule has 3 rings (SSSR count). The summed E-state index contributed by atoms with van der Waals surface area (Å²) in [7, 11) is 1.78. The lowest BCUT2D eigenvalue weighted by molar-refractivity contribution is 0.0593. The predicted octanol–water partition coefficient (Wildman–Crippen LogP) is 3.28. The van der Waals surface area contributed by atoms with E-state index in [-0.39, 0.29) is 12.6 Å². The number of hydrogen-bond donors (Lipinski definition) is 3. The molecule has 3 N–H and O–H groups in total. The SMILES string of the molecule is Cn1cc([C@](C)(O)CNC(=O)NCc2ccc(Sc3ccccc3)cc2)cn1. The number of amides is 2. The fourth-order valence-corrected chi connectivity index (χ4v) is 3.44. The molecule has 0 saturated heterocycles. The van der Waals surface area contributed by atoms with Gasteiger partial charge in [0.1, 0.15) is 5.60 Å². The van der Waals surface area contributed by atoms with E-state index in [0.29, 0.717) is 12.1 Å². The molecule has 7 heteroatoms. The Kier molecular flexibility index (Phi) is 6.38. The van der Waals surface area contributed by atoms with E-state index in [1.807, 2.05) is 42.5 Å². The van der Waals surface area contributed by atoms with Gasteiger partial charge in [0.15, 0.2) is 0 Å². The van der Waals surface area contributed by atoms with Crippen molar-refractivity contribution in [2.24, 2.45) is 7.05 Å². The topological polar surface area (TPSA) is 79.2 Å². The summed E-state index contributed by atoms with van der Waals surface area (Å²) in [5.74, 6) is 0. The molecule has 0 fully saturated rings. The number of carbonyl (C=O) groups excluding carboxylic acids is 1. The van der Waals surface area contributed by atoms with Gasteiger partial charge in [0.25, 0.3) is 0 Å². The smallest absolute Gasteiger partial charge is 0.315 e. The Morgan fingerprint density at radius 1 is 1.11 bits per heavy atom. The molecule has 0 aliphatic rings. The highest BCUT2D eigenvalue weighted by Crippen LogP contribution is 2.27. The van der Waals surface area contributed by atoms with E-state index in [4.69, 9.17) is 0 Å². The van der Waals surface area contributed by atoms with Crippen molar-refractivity contribution < 1.29 is 9.90 Å². The minimum atomic E-state index is -1.18. The summed E-state index contributed by atoms with van der Waals surface area (Å²) in [5, 5.41) is 20.0. The van der Waals surface area contributed by atoms with E-state index in [1.54, 1.807) is 42.8 Å². The maximum absolute atomic E-state index is 12.0. The van der Waals surface area contributed by atoms with Gasteiger partial charge in [0.2, 0.25) is 0 Å². The maximum atomic E-state index is 12.0. The van der Waals surface area contributed by atoms with Gasteiger partial charge in [-0.15, -0.1) is 0 Å². The van der Waals surface area contributed by atoms with Crippen LogP contribution in [0.5, 0.6) is 0 Å². The average molecular weight is 397 g/mol. The number of carbonyl (C=O) groups is 1. The molecule has 28 heavy (non-hydrogen) atoms. The Balaban J connectivity index is 1.45. The van der Waals surface area contributed by atoms with Crippen LogP contribution in [-0.2, 0) is 19.2 Å². The molecule has 0 bridgehead atoms. The van der Waals surface area contributed by atoms with Crippen LogP contribution in [0.1, 0.15) is 18.1 Å². The van der Waals surface area contributed by atoms with E-state index >= 15 is 0 Å². The number of urea groups is 1. The van der Waals surface area contributed by atoms with Crippen LogP contribution < -0.4 is 10.6 Å². The van der Waals surface area contributed by atoms with Crippen molar-refractivity contribution in [3.8, 4) is 0 Å². The predicted molar refractivity (Wildman–Crippen MR) is 110 cm³/mol. The Morgan fingerprint density at radius 2 is 1.79 bits per heavy atom. The van der Waals surface area contributed by atoms with Crippen LogP contribution in [0.4, 0.5) is 4.79 Å². The number of benzene rings is 2. The van der Waals surface area contributed by atoms with E-state index < -0.39 is 5.60 Å². The second-order valence-electron chi connectivity index (χ2n) is 6.77. The molecule has 0 spiro atoms. The summed E-state index contributed by atoms with van der Waals surface area (Å²) in [4.78, 5) is 14.4. The van der Waals surface area contributed by atoms with E-state index in [0.717, 1.165) is 10.5 Å². The van der Waals surface area contributed by atoms with E-state index in [2.05, 4.69) is 27.9 Å². The molecule has 1 heterocycles. The molecule has 0 unspecified atom stereocenters. The lowest BCUT2D eigenvalue weighted by Gasteiger charge is -2.22. The molecule has 0 saturated carbocycles. The van der Waals surface area contributed by atoms with Crippen LogP contribution >= 0.6 is 11.8 Å². The molecule has 3 aromatic rings. The van der Waals surface area contributed by atoms with Gasteiger partial charge in [0.05, 0.1) is 12.7 Å². The highest BCUT2D eigenvalue weighted by molar-refractivity contribution is 7.99. The second kappa shape index (κ2) is 8.95. The van der Waals surface area contributed by atoms with Crippen molar-refractivity contribution in [1.82, 2.24) is 20.4 Å². The monoisotopic (exact) mass is 396 g/mol. The van der Waals surface area contributed by atoms with Crippen molar-refractivity contribution in [2.75, 3.05) is 6.54 Å². The van der Waals surface area contributed by atoms with E-state index in [9.17, 15) is 9.90 Å². The molecule has 1 aromatic heterocycles. The van der Waals surface area contributed by atoms with Crippen LogP contribution in [0, 0.1) is 0 Å². The summed E-state index contributed by atoms with van der Waals surface area (Å²) < 4.78 is 1.61. The zero-order chi connectivity index (χ0) is 20.0. The number of hydrogen-bond acceptors (Lipinski definition) is 4. The van der Waals surface area contributed by atoms with Gasteiger partial charge in [-0.1, -0.05) is 42.1 Å². The Hall–Kier alpha value is -2.77. The minimum Gasteiger partial charge on any atom is -0.383 e. The third-order valence-corrected chi connectivity index (χ3v) is 5.29. The first-order valence-electron chi connectivity index (χ1n) is 8.97. The highest BCUT2D eigenvalue weighted by Gasteiger charge is 2.25. The zero-order valence-corrected chi connectivity index (χ0v) is 16.7. The van der Waals surface area contributed by atoms with Crippen molar-refractivity contribution in [3.05, 3.63) is 78.1 Å².